The van der Waals surface area contributed by atoms with E-state index in [1.807, 2.05) is 0 Å². The minimum atomic E-state index is -0.555. The van der Waals surface area contributed by atoms with Gasteiger partial charge in [-0.3, -0.25) is 0 Å². The molecular weight excluding hydrogens is 1000 g/mol. The van der Waals surface area contributed by atoms with E-state index in [1.165, 1.54) is 116 Å². The van der Waals surface area contributed by atoms with E-state index in [4.69, 9.17) is 0 Å². The first kappa shape index (κ1) is 49.7. The van der Waals surface area contributed by atoms with Crippen LogP contribution in [0.15, 0.2) is 291 Å². The van der Waals surface area contributed by atoms with E-state index in [2.05, 4.69) is 329 Å². The predicted octanol–water partition coefficient (Wildman–Crippen LogP) is 22.1. The Labute approximate surface area is 486 Å². The topological polar surface area (TPSA) is 6.48 Å². The molecule has 0 aliphatic heterocycles. The number of hydrogen-bond donors (Lipinski definition) is 0. The molecule has 1 aliphatic carbocycles. The maximum absolute atomic E-state index is 2.49. The van der Waals surface area contributed by atoms with Gasteiger partial charge in [0, 0.05) is 33.5 Å². The number of nitrogens with zero attached hydrogens (tertiary/aromatic N) is 2. The quantitative estimate of drug-likeness (QED) is 0.119. The van der Waals surface area contributed by atoms with Crippen LogP contribution in [0.3, 0.4) is 0 Å². The summed E-state index contributed by atoms with van der Waals surface area (Å²) in [5.74, 6) is 0. The Morgan fingerprint density at radius 1 is 0.253 bits per heavy atom. The predicted molar refractivity (Wildman–Crippen MR) is 352 cm³/mol. The zero-order chi connectivity index (χ0) is 55.8. The Morgan fingerprint density at radius 2 is 0.639 bits per heavy atom. The summed E-state index contributed by atoms with van der Waals surface area (Å²) in [5.41, 5.74) is 26.0. The van der Waals surface area contributed by atoms with Crippen molar-refractivity contribution < 1.29 is 0 Å². The summed E-state index contributed by atoms with van der Waals surface area (Å²) in [5, 5.41) is 7.30. The van der Waals surface area contributed by atoms with Gasteiger partial charge in [-0.25, -0.2) is 0 Å². The van der Waals surface area contributed by atoms with Gasteiger partial charge in [0.1, 0.15) is 0 Å². The van der Waals surface area contributed by atoms with E-state index < -0.39 is 5.41 Å². The van der Waals surface area contributed by atoms with Crippen LogP contribution in [0.5, 0.6) is 0 Å². The van der Waals surface area contributed by atoms with E-state index in [1.54, 1.807) is 0 Å². The molecule has 394 valence electrons. The minimum Gasteiger partial charge on any atom is -0.310 e. The van der Waals surface area contributed by atoms with E-state index >= 15 is 0 Å². The fraction of sp³-hybridized carbons (Fsp3) is 0.0617. The van der Waals surface area contributed by atoms with Crippen LogP contribution in [0.2, 0.25) is 0 Å². The van der Waals surface area contributed by atoms with Crippen molar-refractivity contribution in [3.8, 4) is 44.5 Å². The van der Waals surface area contributed by atoms with Gasteiger partial charge in [-0.1, -0.05) is 253 Å². The van der Waals surface area contributed by atoms with Crippen molar-refractivity contribution in [2.75, 3.05) is 9.80 Å². The van der Waals surface area contributed by atoms with Crippen molar-refractivity contribution in [3.05, 3.63) is 336 Å². The molecule has 0 saturated carbocycles. The summed E-state index contributed by atoms with van der Waals surface area (Å²) in [6, 6.07) is 109. The Bertz CT molecular complexity index is 4720. The molecule has 0 saturated heterocycles. The number of hydrogen-bond acceptors (Lipinski definition) is 2. The molecule has 0 atom stereocenters. The lowest BCUT2D eigenvalue weighted by Crippen LogP contribution is -2.29. The van der Waals surface area contributed by atoms with Crippen molar-refractivity contribution in [3.63, 3.8) is 0 Å². The molecule has 0 radical (unpaired) electrons. The highest BCUT2D eigenvalue weighted by Gasteiger charge is 2.46. The van der Waals surface area contributed by atoms with Gasteiger partial charge >= 0.3 is 0 Å². The van der Waals surface area contributed by atoms with E-state index in [0.717, 1.165) is 39.7 Å². The molecule has 0 aromatic heterocycles. The fourth-order valence-electron chi connectivity index (χ4n) is 13.8. The second-order valence-corrected chi connectivity index (χ2v) is 22.7. The van der Waals surface area contributed by atoms with Gasteiger partial charge in [-0.2, -0.15) is 0 Å². The molecule has 0 heterocycles. The maximum Gasteiger partial charge on any atom is 0.0714 e. The lowest BCUT2D eigenvalue weighted by Gasteiger charge is -2.35. The van der Waals surface area contributed by atoms with Gasteiger partial charge < -0.3 is 9.80 Å². The first-order valence-electron chi connectivity index (χ1n) is 29.0. The number of aryl methyl sites for hydroxylation is 4. The van der Waals surface area contributed by atoms with Gasteiger partial charge in [-0.15, -0.1) is 0 Å². The van der Waals surface area contributed by atoms with Crippen LogP contribution in [0.25, 0.3) is 76.8 Å². The maximum atomic E-state index is 2.49. The van der Waals surface area contributed by atoms with Crippen LogP contribution >= 0.6 is 0 Å². The highest BCUT2D eigenvalue weighted by molar-refractivity contribution is 6.28. The summed E-state index contributed by atoms with van der Waals surface area (Å²) in [7, 11) is 0. The molecule has 0 amide bonds. The van der Waals surface area contributed by atoms with Crippen molar-refractivity contribution in [2.45, 2.75) is 33.1 Å². The van der Waals surface area contributed by atoms with Gasteiger partial charge in [0.25, 0.3) is 0 Å². The van der Waals surface area contributed by atoms with Gasteiger partial charge in [-0.05, 0) is 177 Å². The minimum absolute atomic E-state index is 0.555. The van der Waals surface area contributed by atoms with E-state index in [-0.39, 0.29) is 0 Å². The zero-order valence-electron chi connectivity index (χ0n) is 47.1. The summed E-state index contributed by atoms with van der Waals surface area (Å²) in [6.45, 7) is 8.83. The molecule has 1 aliphatic rings. The molecule has 14 aromatic carbocycles. The van der Waals surface area contributed by atoms with Crippen LogP contribution in [0, 0.1) is 27.7 Å². The van der Waals surface area contributed by atoms with E-state index in [9.17, 15) is 0 Å². The molecule has 14 aromatic rings. The lowest BCUT2D eigenvalue weighted by molar-refractivity contribution is 0.766. The number of anilines is 6. The largest absolute Gasteiger partial charge is 0.310 e. The number of rotatable bonds is 11. The number of benzene rings is 14. The SMILES string of the molecule is Cc1ccc(-c2ccc(C)cc2-c2cccc(N(c3ccccc3)c3ccc4ccc5c(N(c6ccccc6)c6cccc(C7(c8ccccc8)c8cc(C)ccc8-c8ccc(C)cc87)c6)ccc6ccc3c4c65)c2)c(-c2ccccc2)c1. The second-order valence-electron chi connectivity index (χ2n) is 22.7. The van der Waals surface area contributed by atoms with Crippen LogP contribution < -0.4 is 9.80 Å². The van der Waals surface area contributed by atoms with Gasteiger partial charge in [0.2, 0.25) is 0 Å². The molecule has 83 heavy (non-hydrogen) atoms. The van der Waals surface area contributed by atoms with Crippen molar-refractivity contribution in [1.82, 2.24) is 0 Å². The first-order valence-corrected chi connectivity index (χ1v) is 29.0. The first-order chi connectivity index (χ1) is 40.8. The summed E-state index contributed by atoms with van der Waals surface area (Å²) >= 11 is 0. The normalized spacial score (nSPS) is 12.4. The van der Waals surface area contributed by atoms with E-state index in [0.29, 0.717) is 0 Å². The monoisotopic (exact) mass is 1060 g/mol. The standard InChI is InChI=1S/C81H60N2/c1-53-31-39-67(73(47-53)57-19-9-5-10-20-57)68-40-32-54(2)48-74(68)60-21-17-29-65(51-60)82(63-25-13-7-14-26-63)77-45-37-58-36-44-72-78(46-38-59-35-43-71(77)79(58)80(59)72)83(64-27-15-8-16-28-64)66-30-18-24-62(52-66)81(61-22-11-6-12-23-61)75-49-55(3)33-41-69(75)70-42-34-56(4)50-76(70)81/h5-52H,1-4H3. The smallest absolute Gasteiger partial charge is 0.0714 e. The Hall–Kier alpha value is -10.3. The molecule has 2 heteroatoms. The number of fused-ring (bicyclic) bond motifs is 3. The summed E-state index contributed by atoms with van der Waals surface area (Å²) < 4.78 is 0. The van der Waals surface area contributed by atoms with Crippen LogP contribution in [-0.2, 0) is 5.41 Å². The summed E-state index contributed by atoms with van der Waals surface area (Å²) in [6.07, 6.45) is 0. The highest BCUT2D eigenvalue weighted by atomic mass is 15.1. The summed E-state index contributed by atoms with van der Waals surface area (Å²) in [4.78, 5) is 4.94. The second kappa shape index (κ2) is 20.1. The number of para-hydroxylation sites is 2. The Kier molecular flexibility index (Phi) is 12.0. The molecule has 0 bridgehead atoms. The molecule has 0 spiro atoms. The third kappa shape index (κ3) is 8.24. The Morgan fingerprint density at radius 3 is 1.16 bits per heavy atom. The van der Waals surface area contributed by atoms with Crippen LogP contribution in [-0.4, -0.2) is 0 Å². The fourth-order valence-corrected chi connectivity index (χ4v) is 13.8. The third-order valence-electron chi connectivity index (χ3n) is 17.5. The van der Waals surface area contributed by atoms with Crippen LogP contribution in [0.1, 0.15) is 44.5 Å². The van der Waals surface area contributed by atoms with Crippen molar-refractivity contribution >= 4 is 66.4 Å². The van der Waals surface area contributed by atoms with Gasteiger partial charge in [0.05, 0.1) is 16.8 Å². The van der Waals surface area contributed by atoms with Gasteiger partial charge in [0.15, 0.2) is 0 Å². The van der Waals surface area contributed by atoms with Crippen molar-refractivity contribution in [2.24, 2.45) is 0 Å². The highest BCUT2D eigenvalue weighted by Crippen LogP contribution is 2.58. The Balaban J connectivity index is 0.909. The average Bonchev–Trinajstić information content (AvgIpc) is 3.00. The molecule has 15 rings (SSSR count). The molecule has 0 N–H and O–H groups in total. The van der Waals surface area contributed by atoms with Crippen molar-refractivity contribution in [1.29, 1.82) is 0 Å². The molecular formula is C81H60N2. The lowest BCUT2D eigenvalue weighted by atomic mass is 9.67. The van der Waals surface area contributed by atoms with Crippen LogP contribution in [0.4, 0.5) is 34.1 Å². The zero-order valence-corrected chi connectivity index (χ0v) is 47.1. The average molecular weight is 1060 g/mol. The molecule has 0 fully saturated rings. The third-order valence-corrected chi connectivity index (χ3v) is 17.5. The molecule has 0 unspecified atom stereocenters. The molecule has 2 nitrogen and oxygen atoms in total.